The minimum atomic E-state index is -1.36. The monoisotopic (exact) mass is 336 g/mol. The Kier molecular flexibility index (Phi) is 3.90. The zero-order valence-corrected chi connectivity index (χ0v) is 13.5. The van der Waals surface area contributed by atoms with Crippen molar-refractivity contribution in [2.24, 2.45) is 7.05 Å². The summed E-state index contributed by atoms with van der Waals surface area (Å²) in [7, 11) is 1.80. The Morgan fingerprint density at radius 3 is 2.87 bits per heavy atom. The second kappa shape index (κ2) is 5.74. The minimum Gasteiger partial charge on any atom is -0.479 e. The van der Waals surface area contributed by atoms with Crippen molar-refractivity contribution in [1.82, 2.24) is 20.1 Å². The molecular weight excluding hydrogens is 320 g/mol. The molecule has 0 saturated carbocycles. The third-order valence-electron chi connectivity index (χ3n) is 3.74. The highest BCUT2D eigenvalue weighted by Gasteiger charge is 2.44. The van der Waals surface area contributed by atoms with Gasteiger partial charge in [0.15, 0.2) is 5.54 Å². The van der Waals surface area contributed by atoms with Gasteiger partial charge in [-0.25, -0.2) is 9.78 Å². The molecule has 3 heterocycles. The van der Waals surface area contributed by atoms with Gasteiger partial charge in [-0.05, 0) is 6.92 Å². The average Bonchev–Trinajstić information content (AvgIpc) is 3.19. The van der Waals surface area contributed by atoms with Gasteiger partial charge in [0.1, 0.15) is 9.88 Å². The lowest BCUT2D eigenvalue weighted by atomic mass is 9.99. The number of ether oxygens (including phenoxy) is 1. The highest BCUT2D eigenvalue weighted by molar-refractivity contribution is 7.17. The summed E-state index contributed by atoms with van der Waals surface area (Å²) in [5.41, 5.74) is 0.0183. The van der Waals surface area contributed by atoms with Gasteiger partial charge in [0.05, 0.1) is 18.5 Å². The predicted octanol–water partition coefficient (Wildman–Crippen LogP) is 0.826. The first-order valence-corrected chi connectivity index (χ1v) is 7.83. The van der Waals surface area contributed by atoms with E-state index in [9.17, 15) is 14.7 Å². The summed E-state index contributed by atoms with van der Waals surface area (Å²) in [6, 6.07) is 0. The topological polar surface area (TPSA) is 106 Å². The summed E-state index contributed by atoms with van der Waals surface area (Å²) in [5, 5.41) is 16.8. The fourth-order valence-corrected chi connectivity index (χ4v) is 3.36. The fourth-order valence-electron chi connectivity index (χ4n) is 2.42. The molecule has 1 unspecified atom stereocenters. The number of carboxylic acids is 1. The summed E-state index contributed by atoms with van der Waals surface area (Å²) in [6.07, 6.45) is 3.73. The molecule has 23 heavy (non-hydrogen) atoms. The van der Waals surface area contributed by atoms with Gasteiger partial charge < -0.3 is 15.2 Å². The second-order valence-electron chi connectivity index (χ2n) is 5.48. The van der Waals surface area contributed by atoms with Gasteiger partial charge in [0.2, 0.25) is 0 Å². The number of carboxylic acid groups (broad SMARTS) is 1. The molecule has 122 valence electrons. The first kappa shape index (κ1) is 15.6. The van der Waals surface area contributed by atoms with Crippen LogP contribution < -0.4 is 5.32 Å². The summed E-state index contributed by atoms with van der Waals surface area (Å²) < 4.78 is 6.80. The van der Waals surface area contributed by atoms with Crippen LogP contribution in [0.15, 0.2) is 12.4 Å². The molecule has 0 bridgehead atoms. The summed E-state index contributed by atoms with van der Waals surface area (Å²) in [4.78, 5) is 28.8. The molecule has 1 atom stereocenters. The third kappa shape index (κ3) is 2.84. The van der Waals surface area contributed by atoms with E-state index in [2.05, 4.69) is 15.4 Å². The van der Waals surface area contributed by atoms with Crippen LogP contribution in [0.4, 0.5) is 0 Å². The Bertz CT molecular complexity index is 761. The Morgan fingerprint density at radius 2 is 2.30 bits per heavy atom. The van der Waals surface area contributed by atoms with Crippen LogP contribution in [0.5, 0.6) is 0 Å². The largest absolute Gasteiger partial charge is 0.479 e. The highest BCUT2D eigenvalue weighted by atomic mass is 32.1. The zero-order chi connectivity index (χ0) is 16.6. The molecule has 0 aromatic carbocycles. The molecule has 2 N–H and O–H groups in total. The number of carbonyl (C=O) groups is 2. The van der Waals surface area contributed by atoms with Crippen molar-refractivity contribution in [1.29, 1.82) is 0 Å². The number of aromatic nitrogens is 3. The van der Waals surface area contributed by atoms with Gasteiger partial charge in [-0.3, -0.25) is 9.48 Å². The van der Waals surface area contributed by atoms with Crippen LogP contribution in [0.1, 0.15) is 21.8 Å². The van der Waals surface area contributed by atoms with E-state index >= 15 is 0 Å². The molecule has 1 amide bonds. The minimum absolute atomic E-state index is 0.0264. The van der Waals surface area contributed by atoms with Crippen LogP contribution in [-0.2, 0) is 16.6 Å². The molecule has 2 aromatic heterocycles. The molecule has 0 spiro atoms. The number of rotatable bonds is 4. The van der Waals surface area contributed by atoms with Crippen LogP contribution in [0.3, 0.4) is 0 Å². The van der Waals surface area contributed by atoms with E-state index in [1.54, 1.807) is 24.9 Å². The van der Waals surface area contributed by atoms with E-state index in [0.29, 0.717) is 22.2 Å². The number of hydrogen-bond donors (Lipinski definition) is 2. The lowest BCUT2D eigenvalue weighted by molar-refractivity contribution is -0.144. The first-order valence-electron chi connectivity index (χ1n) is 7.01. The molecule has 1 aliphatic heterocycles. The number of hydrogen-bond acceptors (Lipinski definition) is 6. The Morgan fingerprint density at radius 1 is 1.52 bits per heavy atom. The zero-order valence-electron chi connectivity index (χ0n) is 12.7. The van der Waals surface area contributed by atoms with E-state index in [0.717, 1.165) is 5.56 Å². The van der Waals surface area contributed by atoms with Crippen molar-refractivity contribution >= 4 is 23.2 Å². The standard InChI is InChI=1S/C14H16N4O4S/c1-8-10(23-12(16-8)9-5-15-18(2)6-9)11(19)17-14(13(20)21)3-4-22-7-14/h5-6H,3-4,7H2,1-2H3,(H,17,19)(H,20,21). The molecule has 0 radical (unpaired) electrons. The Labute approximate surface area is 136 Å². The van der Waals surface area contributed by atoms with Gasteiger partial charge in [0, 0.05) is 31.8 Å². The van der Waals surface area contributed by atoms with E-state index in [1.165, 1.54) is 11.3 Å². The number of nitrogens with zero attached hydrogens (tertiary/aromatic N) is 3. The third-order valence-corrected chi connectivity index (χ3v) is 4.94. The molecule has 3 rings (SSSR count). The molecule has 9 heteroatoms. The van der Waals surface area contributed by atoms with Crippen LogP contribution >= 0.6 is 11.3 Å². The lowest BCUT2D eigenvalue weighted by Crippen LogP contribution is -2.55. The molecule has 8 nitrogen and oxygen atoms in total. The van der Waals surface area contributed by atoms with E-state index in [4.69, 9.17) is 4.74 Å². The number of aryl methyl sites for hydroxylation is 2. The van der Waals surface area contributed by atoms with Gasteiger partial charge in [0.25, 0.3) is 5.91 Å². The Hall–Kier alpha value is -2.26. The highest BCUT2D eigenvalue weighted by Crippen LogP contribution is 2.28. The van der Waals surface area contributed by atoms with Gasteiger partial charge in [-0.2, -0.15) is 5.10 Å². The van der Waals surface area contributed by atoms with Crippen LogP contribution in [0.25, 0.3) is 10.6 Å². The van der Waals surface area contributed by atoms with Crippen molar-refractivity contribution in [2.45, 2.75) is 18.9 Å². The van der Waals surface area contributed by atoms with E-state index in [-0.39, 0.29) is 13.0 Å². The van der Waals surface area contributed by atoms with Crippen molar-refractivity contribution in [2.75, 3.05) is 13.2 Å². The number of carbonyl (C=O) groups excluding carboxylic acids is 1. The SMILES string of the molecule is Cc1nc(-c2cnn(C)c2)sc1C(=O)NC1(C(=O)O)CCOC1. The summed E-state index contributed by atoms with van der Waals surface area (Å²) in [6.45, 7) is 2.01. The van der Waals surface area contributed by atoms with Crippen LogP contribution in [-0.4, -0.2) is 50.5 Å². The lowest BCUT2D eigenvalue weighted by Gasteiger charge is -2.23. The van der Waals surface area contributed by atoms with Crippen LogP contribution in [0, 0.1) is 6.92 Å². The normalized spacial score (nSPS) is 20.6. The molecule has 0 aliphatic carbocycles. The first-order chi connectivity index (χ1) is 10.9. The summed E-state index contributed by atoms with van der Waals surface area (Å²) in [5.74, 6) is -1.53. The molecular formula is C14H16N4O4S. The van der Waals surface area contributed by atoms with Gasteiger partial charge >= 0.3 is 5.97 Å². The van der Waals surface area contributed by atoms with Crippen molar-refractivity contribution < 1.29 is 19.4 Å². The molecule has 1 aliphatic rings. The predicted molar refractivity (Wildman–Crippen MR) is 82.3 cm³/mol. The second-order valence-corrected chi connectivity index (χ2v) is 6.48. The maximum absolute atomic E-state index is 12.5. The Balaban J connectivity index is 1.85. The quantitative estimate of drug-likeness (QED) is 0.856. The van der Waals surface area contributed by atoms with Crippen molar-refractivity contribution in [3.05, 3.63) is 23.0 Å². The summed E-state index contributed by atoms with van der Waals surface area (Å²) >= 11 is 1.22. The molecule has 1 fully saturated rings. The van der Waals surface area contributed by atoms with Crippen molar-refractivity contribution in [3.63, 3.8) is 0 Å². The van der Waals surface area contributed by atoms with Gasteiger partial charge in [-0.1, -0.05) is 0 Å². The van der Waals surface area contributed by atoms with E-state index in [1.807, 2.05) is 6.20 Å². The number of nitrogens with one attached hydrogen (secondary N) is 1. The number of amides is 1. The van der Waals surface area contributed by atoms with Crippen LogP contribution in [0.2, 0.25) is 0 Å². The maximum Gasteiger partial charge on any atom is 0.331 e. The number of thiazole rings is 1. The average molecular weight is 336 g/mol. The van der Waals surface area contributed by atoms with Crippen molar-refractivity contribution in [3.8, 4) is 10.6 Å². The molecule has 1 saturated heterocycles. The number of aliphatic carboxylic acids is 1. The molecule has 2 aromatic rings. The fraction of sp³-hybridized carbons (Fsp3) is 0.429. The van der Waals surface area contributed by atoms with E-state index < -0.39 is 17.4 Å². The smallest absolute Gasteiger partial charge is 0.331 e. The van der Waals surface area contributed by atoms with Gasteiger partial charge in [-0.15, -0.1) is 11.3 Å². The maximum atomic E-state index is 12.5.